The number of nitrogens with zero attached hydrogens (tertiary/aromatic N) is 1. The van der Waals surface area contributed by atoms with Gasteiger partial charge in [-0.25, -0.2) is 0 Å². The van der Waals surface area contributed by atoms with Crippen LogP contribution in [0.1, 0.15) is 52.4 Å². The van der Waals surface area contributed by atoms with E-state index < -0.39 is 43.0 Å². The van der Waals surface area contributed by atoms with Crippen LogP contribution in [0.4, 0.5) is 13.2 Å². The minimum Gasteiger partial charge on any atom is -0.481 e. The number of Topliss-reactive ketones (excluding diaryl/α,β-unsaturated/α-hetero) is 1. The lowest BCUT2D eigenvalue weighted by Crippen LogP contribution is -2.34. The van der Waals surface area contributed by atoms with Gasteiger partial charge in [0.25, 0.3) is 5.91 Å². The van der Waals surface area contributed by atoms with Crippen molar-refractivity contribution in [2.45, 2.75) is 39.8 Å². The van der Waals surface area contributed by atoms with E-state index in [0.717, 1.165) is 4.90 Å². The number of aryl methyl sites for hydroxylation is 1. The maximum absolute atomic E-state index is 13.1. The fraction of sp³-hybridized carbons (Fsp3) is 0.588. The lowest BCUT2D eigenvalue weighted by molar-refractivity contribution is -0.187. The Labute approximate surface area is 148 Å². The van der Waals surface area contributed by atoms with Crippen molar-refractivity contribution in [1.82, 2.24) is 9.88 Å². The molecule has 1 amide bonds. The number of aromatic nitrogens is 1. The molecule has 0 saturated carbocycles. The average Bonchev–Trinajstić information content (AvgIpc) is 3.08. The molecular formula is C17H21F3N2O4. The smallest absolute Gasteiger partial charge is 0.394 e. The Hall–Kier alpha value is -2.32. The number of carbonyl (C=O) groups excluding carboxylic acids is 2. The monoisotopic (exact) mass is 374 g/mol. The van der Waals surface area contributed by atoms with Crippen LogP contribution in [0, 0.1) is 18.8 Å². The summed E-state index contributed by atoms with van der Waals surface area (Å²) in [6.45, 7) is 3.61. The summed E-state index contributed by atoms with van der Waals surface area (Å²) in [5.41, 5.74) is 1.40. The molecule has 2 atom stereocenters. The van der Waals surface area contributed by atoms with E-state index in [9.17, 15) is 27.6 Å². The van der Waals surface area contributed by atoms with Crippen LogP contribution in [-0.2, 0) is 11.2 Å². The Morgan fingerprint density at radius 3 is 2.31 bits per heavy atom. The molecule has 1 saturated heterocycles. The van der Waals surface area contributed by atoms with Gasteiger partial charge in [-0.15, -0.1) is 0 Å². The third kappa shape index (κ3) is 3.61. The maximum Gasteiger partial charge on any atom is 0.394 e. The molecule has 0 radical (unpaired) electrons. The highest BCUT2D eigenvalue weighted by Gasteiger charge is 2.53. The zero-order valence-electron chi connectivity index (χ0n) is 14.7. The summed E-state index contributed by atoms with van der Waals surface area (Å²) >= 11 is 0. The minimum atomic E-state index is -4.71. The number of amides is 1. The Morgan fingerprint density at radius 2 is 1.88 bits per heavy atom. The average molecular weight is 374 g/mol. The molecule has 1 aliphatic heterocycles. The number of aromatic amines is 1. The minimum absolute atomic E-state index is 0.0708. The number of H-pyrrole nitrogens is 1. The first-order chi connectivity index (χ1) is 12.0. The summed E-state index contributed by atoms with van der Waals surface area (Å²) in [6.07, 6.45) is -3.65. The molecule has 26 heavy (non-hydrogen) atoms. The number of nitrogens with one attached hydrogen (secondary N) is 1. The molecule has 2 N–H and O–H groups in total. The summed E-state index contributed by atoms with van der Waals surface area (Å²) in [5, 5.41) is 9.09. The fourth-order valence-corrected chi connectivity index (χ4v) is 3.55. The van der Waals surface area contributed by atoms with E-state index in [1.807, 2.05) is 6.92 Å². The quantitative estimate of drug-likeness (QED) is 0.776. The molecule has 0 aliphatic carbocycles. The van der Waals surface area contributed by atoms with Crippen molar-refractivity contribution in [3.63, 3.8) is 0 Å². The van der Waals surface area contributed by atoms with Crippen LogP contribution in [0.25, 0.3) is 0 Å². The fourth-order valence-electron chi connectivity index (χ4n) is 3.55. The van der Waals surface area contributed by atoms with Gasteiger partial charge in [-0.3, -0.25) is 14.4 Å². The molecule has 1 fully saturated rings. The van der Waals surface area contributed by atoms with Crippen molar-refractivity contribution in [3.8, 4) is 0 Å². The van der Waals surface area contributed by atoms with E-state index >= 15 is 0 Å². The van der Waals surface area contributed by atoms with E-state index in [1.54, 1.807) is 6.92 Å². The van der Waals surface area contributed by atoms with E-state index in [-0.39, 0.29) is 11.5 Å². The first-order valence-electron chi connectivity index (χ1n) is 8.30. The van der Waals surface area contributed by atoms with Gasteiger partial charge in [0, 0.05) is 24.3 Å². The van der Waals surface area contributed by atoms with Crippen LogP contribution in [0.3, 0.4) is 0 Å². The second kappa shape index (κ2) is 7.13. The number of alkyl halides is 3. The van der Waals surface area contributed by atoms with Crippen LogP contribution >= 0.6 is 0 Å². The van der Waals surface area contributed by atoms with Crippen molar-refractivity contribution < 1.29 is 32.7 Å². The lowest BCUT2D eigenvalue weighted by Gasteiger charge is -2.18. The Balaban J connectivity index is 2.39. The summed E-state index contributed by atoms with van der Waals surface area (Å²) in [6, 6.07) is 0. The van der Waals surface area contributed by atoms with Gasteiger partial charge in [0.1, 0.15) is 5.69 Å². The van der Waals surface area contributed by atoms with Gasteiger partial charge >= 0.3 is 12.1 Å². The lowest BCUT2D eigenvalue weighted by atomic mass is 9.96. The van der Waals surface area contributed by atoms with E-state index in [4.69, 9.17) is 5.11 Å². The van der Waals surface area contributed by atoms with E-state index in [0.29, 0.717) is 29.7 Å². The second-order valence-electron chi connectivity index (χ2n) is 6.59. The van der Waals surface area contributed by atoms with Crippen LogP contribution in [-0.4, -0.2) is 51.9 Å². The number of halogens is 3. The number of aliphatic carboxylic acids is 1. The number of carboxylic acid groups (broad SMARTS) is 1. The molecule has 0 aromatic carbocycles. The Morgan fingerprint density at radius 1 is 1.27 bits per heavy atom. The van der Waals surface area contributed by atoms with Crippen LogP contribution in [0.5, 0.6) is 0 Å². The second-order valence-corrected chi connectivity index (χ2v) is 6.59. The summed E-state index contributed by atoms with van der Waals surface area (Å²) in [7, 11) is 0. The largest absolute Gasteiger partial charge is 0.481 e. The first-order valence-corrected chi connectivity index (χ1v) is 8.30. The van der Waals surface area contributed by atoms with Crippen LogP contribution in [0.2, 0.25) is 0 Å². The molecule has 0 bridgehead atoms. The first kappa shape index (κ1) is 20.0. The van der Waals surface area contributed by atoms with Crippen molar-refractivity contribution in [3.05, 3.63) is 22.5 Å². The number of carboxylic acids is 1. The molecule has 6 nitrogen and oxygen atoms in total. The van der Waals surface area contributed by atoms with Gasteiger partial charge < -0.3 is 15.0 Å². The Kier molecular flexibility index (Phi) is 5.48. The number of hydrogen-bond acceptors (Lipinski definition) is 3. The third-order valence-corrected chi connectivity index (χ3v) is 4.70. The molecule has 1 aromatic rings. The van der Waals surface area contributed by atoms with Crippen molar-refractivity contribution in [2.75, 3.05) is 13.1 Å². The molecule has 1 aliphatic rings. The Bertz CT molecular complexity index is 739. The zero-order valence-corrected chi connectivity index (χ0v) is 14.7. The van der Waals surface area contributed by atoms with Crippen LogP contribution in [0.15, 0.2) is 0 Å². The molecular weight excluding hydrogens is 353 g/mol. The molecule has 0 unspecified atom stereocenters. The normalized spacial score (nSPS) is 20.5. The van der Waals surface area contributed by atoms with Crippen molar-refractivity contribution >= 4 is 17.7 Å². The molecule has 2 heterocycles. The predicted octanol–water partition coefficient (Wildman–Crippen LogP) is 2.81. The van der Waals surface area contributed by atoms with Crippen molar-refractivity contribution in [2.24, 2.45) is 11.8 Å². The number of hydrogen-bond donors (Lipinski definition) is 2. The van der Waals surface area contributed by atoms with Gasteiger partial charge in [0.05, 0.1) is 11.8 Å². The summed E-state index contributed by atoms with van der Waals surface area (Å²) < 4.78 is 39.4. The van der Waals surface area contributed by atoms with Crippen LogP contribution < -0.4 is 0 Å². The molecule has 0 spiro atoms. The number of ketones is 1. The van der Waals surface area contributed by atoms with Gasteiger partial charge in [-0.1, -0.05) is 13.3 Å². The number of rotatable bonds is 5. The van der Waals surface area contributed by atoms with E-state index in [2.05, 4.69) is 4.98 Å². The van der Waals surface area contributed by atoms with Crippen molar-refractivity contribution in [1.29, 1.82) is 0 Å². The zero-order chi connectivity index (χ0) is 19.8. The van der Waals surface area contributed by atoms with E-state index in [1.165, 1.54) is 6.92 Å². The molecule has 1 aromatic heterocycles. The highest BCUT2D eigenvalue weighted by molar-refractivity contribution is 6.03. The molecule has 144 valence electrons. The van der Waals surface area contributed by atoms with Gasteiger partial charge in [-0.2, -0.15) is 13.2 Å². The van der Waals surface area contributed by atoms with Gasteiger partial charge in [0.15, 0.2) is 5.78 Å². The molecule has 9 heteroatoms. The van der Waals surface area contributed by atoms with Gasteiger partial charge in [-0.05, 0) is 25.8 Å². The topological polar surface area (TPSA) is 90.5 Å². The van der Waals surface area contributed by atoms with Gasteiger partial charge in [0.2, 0.25) is 0 Å². The predicted molar refractivity (Wildman–Crippen MR) is 86.1 cm³/mol. The number of carbonyl (C=O) groups is 3. The standard InChI is InChI=1S/C17H21F3N2O4/c1-4-5-10-13(9(3)23)8(2)21-14(10)15(24)22-6-11(16(25)26)12(7-22)17(18,19)20/h11-12,21H,4-7H2,1-3H3,(H,25,26)/t11-,12-/m1/s1. The molecule has 2 rings (SSSR count). The summed E-state index contributed by atoms with van der Waals surface area (Å²) in [4.78, 5) is 39.6. The summed E-state index contributed by atoms with van der Waals surface area (Å²) in [5.74, 6) is -6.33. The third-order valence-electron chi connectivity index (χ3n) is 4.70. The highest BCUT2D eigenvalue weighted by Crippen LogP contribution is 2.38. The number of likely N-dealkylation sites (tertiary alicyclic amines) is 1. The maximum atomic E-state index is 13.1. The highest BCUT2D eigenvalue weighted by atomic mass is 19.4. The SMILES string of the molecule is CCCc1c(C(=O)N2C[C@@H](C(F)(F)F)[C@H](C(=O)O)C2)[nH]c(C)c1C(C)=O.